The van der Waals surface area contributed by atoms with Crippen molar-refractivity contribution in [2.24, 2.45) is 0 Å². The van der Waals surface area contributed by atoms with E-state index < -0.39 is 0 Å². The summed E-state index contributed by atoms with van der Waals surface area (Å²) in [5, 5.41) is 0. The standard InChI is InChI=1S/C28H26/c1-5-20(2)18-26-22(4)25-17-16-21(3)19-27(25)28(26,23-12-8-6-9-13-23)24-14-10-7-11-15-24/h5-19H,1H2,2-4H3. The zero-order valence-electron chi connectivity index (χ0n) is 16.9. The van der Waals surface area contributed by atoms with Gasteiger partial charge in [0.15, 0.2) is 0 Å². The molecule has 4 rings (SSSR count). The molecule has 0 unspecified atom stereocenters. The summed E-state index contributed by atoms with van der Waals surface area (Å²) in [5.74, 6) is 0. The van der Waals surface area contributed by atoms with Gasteiger partial charge in [0.25, 0.3) is 0 Å². The van der Waals surface area contributed by atoms with Gasteiger partial charge in [0.1, 0.15) is 0 Å². The molecule has 138 valence electrons. The van der Waals surface area contributed by atoms with Gasteiger partial charge in [-0.05, 0) is 54.2 Å². The molecule has 28 heavy (non-hydrogen) atoms. The maximum atomic E-state index is 3.99. The zero-order chi connectivity index (χ0) is 19.7. The first kappa shape index (κ1) is 18.3. The molecule has 3 aromatic rings. The van der Waals surface area contributed by atoms with Crippen LogP contribution in [0.2, 0.25) is 0 Å². The first-order valence-corrected chi connectivity index (χ1v) is 9.83. The first-order valence-electron chi connectivity index (χ1n) is 9.83. The van der Waals surface area contributed by atoms with Crippen LogP contribution < -0.4 is 0 Å². The monoisotopic (exact) mass is 362 g/mol. The second-order valence-corrected chi connectivity index (χ2v) is 7.66. The molecule has 0 heterocycles. The molecule has 0 aromatic heterocycles. The Morgan fingerprint density at radius 3 is 1.93 bits per heavy atom. The summed E-state index contributed by atoms with van der Waals surface area (Å²) in [5.41, 5.74) is 10.1. The molecule has 0 saturated heterocycles. The number of allylic oxidation sites excluding steroid dienone is 5. The molecule has 0 aliphatic heterocycles. The van der Waals surface area contributed by atoms with Crippen molar-refractivity contribution in [3.8, 4) is 0 Å². The second-order valence-electron chi connectivity index (χ2n) is 7.66. The van der Waals surface area contributed by atoms with Crippen molar-refractivity contribution in [3.05, 3.63) is 137 Å². The SMILES string of the molecule is C=CC(C)=CC1=C(C)c2ccc(C)cc2C1(c1ccccc1)c1ccccc1. The molecule has 0 fully saturated rings. The molecule has 0 N–H and O–H groups in total. The van der Waals surface area contributed by atoms with Gasteiger partial charge in [-0.3, -0.25) is 0 Å². The van der Waals surface area contributed by atoms with Crippen LogP contribution in [0, 0.1) is 6.92 Å². The van der Waals surface area contributed by atoms with Crippen LogP contribution in [-0.4, -0.2) is 0 Å². The summed E-state index contributed by atoms with van der Waals surface area (Å²) in [4.78, 5) is 0. The highest BCUT2D eigenvalue weighted by molar-refractivity contribution is 5.87. The fourth-order valence-electron chi connectivity index (χ4n) is 4.53. The van der Waals surface area contributed by atoms with Crippen LogP contribution in [0.3, 0.4) is 0 Å². The predicted octanol–water partition coefficient (Wildman–Crippen LogP) is 7.25. The summed E-state index contributed by atoms with van der Waals surface area (Å²) < 4.78 is 0. The van der Waals surface area contributed by atoms with E-state index in [1.807, 2.05) is 6.08 Å². The van der Waals surface area contributed by atoms with Crippen molar-refractivity contribution in [2.75, 3.05) is 0 Å². The number of aryl methyl sites for hydroxylation is 1. The number of hydrogen-bond acceptors (Lipinski definition) is 0. The van der Waals surface area contributed by atoms with E-state index in [9.17, 15) is 0 Å². The highest BCUT2D eigenvalue weighted by Crippen LogP contribution is 2.55. The Hall–Kier alpha value is -3.12. The average molecular weight is 363 g/mol. The number of benzene rings is 3. The normalized spacial score (nSPS) is 15.5. The fraction of sp³-hybridized carbons (Fsp3) is 0.143. The van der Waals surface area contributed by atoms with Gasteiger partial charge in [0.05, 0.1) is 5.41 Å². The van der Waals surface area contributed by atoms with Crippen LogP contribution in [0.25, 0.3) is 5.57 Å². The van der Waals surface area contributed by atoms with Gasteiger partial charge < -0.3 is 0 Å². The molecular weight excluding hydrogens is 336 g/mol. The molecular formula is C28H26. The molecule has 1 aliphatic carbocycles. The maximum Gasteiger partial charge on any atom is 0.0710 e. The maximum absolute atomic E-state index is 3.99. The molecule has 0 amide bonds. The van der Waals surface area contributed by atoms with E-state index in [1.165, 1.54) is 44.5 Å². The van der Waals surface area contributed by atoms with Crippen molar-refractivity contribution in [3.63, 3.8) is 0 Å². The van der Waals surface area contributed by atoms with E-state index in [0.717, 1.165) is 0 Å². The highest BCUT2D eigenvalue weighted by atomic mass is 14.5. The van der Waals surface area contributed by atoms with Gasteiger partial charge in [-0.25, -0.2) is 0 Å². The van der Waals surface area contributed by atoms with Gasteiger partial charge >= 0.3 is 0 Å². The van der Waals surface area contributed by atoms with Crippen molar-refractivity contribution >= 4 is 5.57 Å². The van der Waals surface area contributed by atoms with Crippen molar-refractivity contribution in [2.45, 2.75) is 26.2 Å². The molecule has 0 spiro atoms. The summed E-state index contributed by atoms with van der Waals surface area (Å²) in [6.07, 6.45) is 4.26. The zero-order valence-corrected chi connectivity index (χ0v) is 16.9. The Morgan fingerprint density at radius 1 is 0.821 bits per heavy atom. The average Bonchev–Trinajstić information content (AvgIpc) is 2.97. The molecule has 3 aromatic carbocycles. The Morgan fingerprint density at radius 2 is 1.39 bits per heavy atom. The van der Waals surface area contributed by atoms with Gasteiger partial charge in [-0.15, -0.1) is 0 Å². The minimum atomic E-state index is -0.321. The van der Waals surface area contributed by atoms with Crippen molar-refractivity contribution in [1.82, 2.24) is 0 Å². The van der Waals surface area contributed by atoms with Crippen LogP contribution in [0.1, 0.15) is 41.7 Å². The van der Waals surface area contributed by atoms with Crippen LogP contribution in [0.5, 0.6) is 0 Å². The third-order valence-corrected chi connectivity index (χ3v) is 5.90. The van der Waals surface area contributed by atoms with Crippen molar-refractivity contribution < 1.29 is 0 Å². The van der Waals surface area contributed by atoms with E-state index >= 15 is 0 Å². The smallest absolute Gasteiger partial charge is 0.0710 e. The topological polar surface area (TPSA) is 0 Å². The quantitative estimate of drug-likeness (QED) is 0.429. The van der Waals surface area contributed by atoms with Crippen LogP contribution in [-0.2, 0) is 5.41 Å². The molecule has 1 aliphatic rings. The lowest BCUT2D eigenvalue weighted by Gasteiger charge is -2.35. The lowest BCUT2D eigenvalue weighted by atomic mass is 9.66. The van der Waals surface area contributed by atoms with E-state index in [1.54, 1.807) is 0 Å². The number of fused-ring (bicyclic) bond motifs is 1. The fourth-order valence-corrected chi connectivity index (χ4v) is 4.53. The van der Waals surface area contributed by atoms with Gasteiger partial charge in [-0.1, -0.05) is 109 Å². The Kier molecular flexibility index (Phi) is 4.65. The molecule has 0 saturated carbocycles. The van der Waals surface area contributed by atoms with E-state index in [4.69, 9.17) is 0 Å². The van der Waals surface area contributed by atoms with Crippen LogP contribution in [0.15, 0.2) is 109 Å². The first-order chi connectivity index (χ1) is 13.6. The van der Waals surface area contributed by atoms with E-state index in [-0.39, 0.29) is 5.41 Å². The van der Waals surface area contributed by atoms with E-state index in [0.29, 0.717) is 0 Å². The number of rotatable bonds is 4. The van der Waals surface area contributed by atoms with Gasteiger partial charge in [0.2, 0.25) is 0 Å². The largest absolute Gasteiger partial charge is 0.0988 e. The molecule has 0 nitrogen and oxygen atoms in total. The Bertz CT molecular complexity index is 1040. The van der Waals surface area contributed by atoms with Crippen LogP contribution >= 0.6 is 0 Å². The van der Waals surface area contributed by atoms with Gasteiger partial charge in [-0.2, -0.15) is 0 Å². The molecule has 0 atom stereocenters. The van der Waals surface area contributed by atoms with Gasteiger partial charge in [0, 0.05) is 0 Å². The summed E-state index contributed by atoms with van der Waals surface area (Å²) in [7, 11) is 0. The third-order valence-electron chi connectivity index (χ3n) is 5.90. The molecule has 0 bridgehead atoms. The van der Waals surface area contributed by atoms with E-state index in [2.05, 4.69) is 112 Å². The minimum absolute atomic E-state index is 0.321. The molecule has 0 heteroatoms. The lowest BCUT2D eigenvalue weighted by Crippen LogP contribution is -2.29. The summed E-state index contributed by atoms with van der Waals surface area (Å²) in [6, 6.07) is 28.7. The Balaban J connectivity index is 2.19. The molecule has 0 radical (unpaired) electrons. The summed E-state index contributed by atoms with van der Waals surface area (Å²) >= 11 is 0. The predicted molar refractivity (Wildman–Crippen MR) is 120 cm³/mol. The Labute approximate surface area is 168 Å². The second kappa shape index (κ2) is 7.13. The van der Waals surface area contributed by atoms with Crippen LogP contribution in [0.4, 0.5) is 0 Å². The third kappa shape index (κ3) is 2.68. The number of hydrogen-bond donors (Lipinski definition) is 0. The van der Waals surface area contributed by atoms with Crippen molar-refractivity contribution in [1.29, 1.82) is 0 Å². The minimum Gasteiger partial charge on any atom is -0.0988 e. The summed E-state index contributed by atoms with van der Waals surface area (Å²) in [6.45, 7) is 10.6. The highest BCUT2D eigenvalue weighted by Gasteiger charge is 2.45. The lowest BCUT2D eigenvalue weighted by molar-refractivity contribution is 0.759.